The monoisotopic (exact) mass is 276 g/mol. The highest BCUT2D eigenvalue weighted by Gasteiger charge is 2.28. The van der Waals surface area contributed by atoms with Crippen LogP contribution in [0, 0.1) is 5.92 Å². The molecule has 1 rings (SSSR count). The predicted octanol–water partition coefficient (Wildman–Crippen LogP) is 3.53. The number of rotatable bonds is 8. The molecule has 1 unspecified atom stereocenters. The van der Waals surface area contributed by atoms with Gasteiger partial charge in [0.2, 0.25) is 0 Å². The van der Waals surface area contributed by atoms with Gasteiger partial charge in [-0.2, -0.15) is 0 Å². The van der Waals surface area contributed by atoms with E-state index in [1.165, 1.54) is 5.56 Å². The smallest absolute Gasteiger partial charge is 0.0177 e. The molecule has 1 aromatic carbocycles. The maximum Gasteiger partial charge on any atom is 0.0177 e. The third-order valence-electron chi connectivity index (χ3n) is 4.02. The van der Waals surface area contributed by atoms with E-state index >= 15 is 0 Å². The first-order valence-electron chi connectivity index (χ1n) is 7.81. The van der Waals surface area contributed by atoms with Crippen molar-refractivity contribution in [1.82, 2.24) is 10.2 Å². The molecule has 0 aliphatic rings. The van der Waals surface area contributed by atoms with Crippen molar-refractivity contribution < 1.29 is 0 Å². The molecule has 0 aliphatic heterocycles. The van der Waals surface area contributed by atoms with Gasteiger partial charge in [0.15, 0.2) is 0 Å². The summed E-state index contributed by atoms with van der Waals surface area (Å²) >= 11 is 0. The second-order valence-electron chi connectivity index (χ2n) is 6.96. The summed E-state index contributed by atoms with van der Waals surface area (Å²) in [5, 5.41) is 3.64. The molecule has 20 heavy (non-hydrogen) atoms. The van der Waals surface area contributed by atoms with Gasteiger partial charge < -0.3 is 10.2 Å². The van der Waals surface area contributed by atoms with Crippen molar-refractivity contribution in [2.45, 2.75) is 46.1 Å². The first-order valence-corrected chi connectivity index (χ1v) is 7.81. The molecule has 0 spiro atoms. The minimum absolute atomic E-state index is 0.148. The van der Waals surface area contributed by atoms with Crippen molar-refractivity contribution in [3.8, 4) is 0 Å². The van der Waals surface area contributed by atoms with E-state index in [2.05, 4.69) is 82.2 Å². The van der Waals surface area contributed by atoms with E-state index in [1.54, 1.807) is 0 Å². The van der Waals surface area contributed by atoms with Crippen LogP contribution >= 0.6 is 0 Å². The van der Waals surface area contributed by atoms with Gasteiger partial charge in [-0.25, -0.2) is 0 Å². The summed E-state index contributed by atoms with van der Waals surface area (Å²) in [5.41, 5.74) is 1.57. The van der Waals surface area contributed by atoms with Crippen LogP contribution in [0.3, 0.4) is 0 Å². The highest BCUT2D eigenvalue weighted by atomic mass is 15.1. The zero-order valence-electron chi connectivity index (χ0n) is 14.1. The van der Waals surface area contributed by atoms with E-state index in [9.17, 15) is 0 Å². The number of hydrogen-bond acceptors (Lipinski definition) is 2. The first-order chi connectivity index (χ1) is 9.35. The van der Waals surface area contributed by atoms with Crippen molar-refractivity contribution in [2.24, 2.45) is 5.92 Å². The van der Waals surface area contributed by atoms with Crippen molar-refractivity contribution in [3.05, 3.63) is 35.9 Å². The van der Waals surface area contributed by atoms with Crippen LogP contribution in [0.1, 0.15) is 40.2 Å². The van der Waals surface area contributed by atoms with Crippen LogP contribution in [-0.4, -0.2) is 37.6 Å². The summed E-state index contributed by atoms with van der Waals surface area (Å²) in [7, 11) is 2.22. The molecule has 0 bridgehead atoms. The lowest BCUT2D eigenvalue weighted by Crippen LogP contribution is -2.46. The Morgan fingerprint density at radius 2 is 1.70 bits per heavy atom. The van der Waals surface area contributed by atoms with Crippen molar-refractivity contribution in [2.75, 3.05) is 26.7 Å². The van der Waals surface area contributed by atoms with Crippen LogP contribution < -0.4 is 5.32 Å². The highest BCUT2D eigenvalue weighted by molar-refractivity contribution is 5.25. The molecule has 1 aromatic rings. The number of nitrogens with zero attached hydrogens (tertiary/aromatic N) is 1. The molecule has 1 N–H and O–H groups in total. The minimum Gasteiger partial charge on any atom is -0.316 e. The van der Waals surface area contributed by atoms with E-state index in [-0.39, 0.29) is 5.41 Å². The van der Waals surface area contributed by atoms with Crippen LogP contribution in [0.5, 0.6) is 0 Å². The van der Waals surface area contributed by atoms with Gasteiger partial charge in [-0.05, 0) is 38.9 Å². The van der Waals surface area contributed by atoms with Crippen LogP contribution in [0.15, 0.2) is 30.3 Å². The minimum atomic E-state index is 0.148. The summed E-state index contributed by atoms with van der Waals surface area (Å²) < 4.78 is 0. The molecule has 0 saturated heterocycles. The average molecular weight is 276 g/mol. The molecule has 0 aliphatic carbocycles. The van der Waals surface area contributed by atoms with Gasteiger partial charge in [0, 0.05) is 24.5 Å². The molecule has 1 atom stereocenters. The molecular weight excluding hydrogens is 244 g/mol. The number of hydrogen-bond donors (Lipinski definition) is 1. The standard InChI is InChI=1S/C18H32N2/c1-15(2)12-19-13-18(5,14-20(6)16(3)4)17-10-8-7-9-11-17/h7-11,15-16,19H,12-14H2,1-6H3. The number of likely N-dealkylation sites (N-methyl/N-ethyl adjacent to an activating group) is 1. The Morgan fingerprint density at radius 3 is 2.20 bits per heavy atom. The van der Waals surface area contributed by atoms with Crippen molar-refractivity contribution >= 4 is 0 Å². The molecule has 2 heteroatoms. The third-order valence-corrected chi connectivity index (χ3v) is 4.02. The first kappa shape index (κ1) is 17.2. The maximum absolute atomic E-state index is 3.64. The maximum atomic E-state index is 3.64. The highest BCUT2D eigenvalue weighted by Crippen LogP contribution is 2.24. The van der Waals surface area contributed by atoms with Gasteiger partial charge in [0.25, 0.3) is 0 Å². The van der Waals surface area contributed by atoms with E-state index in [4.69, 9.17) is 0 Å². The molecule has 0 amide bonds. The summed E-state index contributed by atoms with van der Waals surface area (Å²) in [4.78, 5) is 2.43. The Hall–Kier alpha value is -0.860. The van der Waals surface area contributed by atoms with Crippen LogP contribution in [0.4, 0.5) is 0 Å². The van der Waals surface area contributed by atoms with Gasteiger partial charge in [-0.15, -0.1) is 0 Å². The quantitative estimate of drug-likeness (QED) is 0.781. The fraction of sp³-hybridized carbons (Fsp3) is 0.667. The normalized spacial score (nSPS) is 15.1. The molecular formula is C18H32N2. The summed E-state index contributed by atoms with van der Waals surface area (Å²) in [6, 6.07) is 11.5. The lowest BCUT2D eigenvalue weighted by atomic mass is 9.81. The van der Waals surface area contributed by atoms with E-state index in [0.29, 0.717) is 12.0 Å². The summed E-state index contributed by atoms with van der Waals surface area (Å²) in [6.07, 6.45) is 0. The molecule has 0 aromatic heterocycles. The largest absolute Gasteiger partial charge is 0.316 e. The Morgan fingerprint density at radius 1 is 1.10 bits per heavy atom. The number of nitrogens with one attached hydrogen (secondary N) is 1. The molecule has 0 fully saturated rings. The Bertz CT molecular complexity index is 372. The van der Waals surface area contributed by atoms with E-state index in [0.717, 1.165) is 19.6 Å². The van der Waals surface area contributed by atoms with E-state index in [1.807, 2.05) is 0 Å². The summed E-state index contributed by atoms with van der Waals surface area (Å²) in [5.74, 6) is 0.692. The zero-order chi connectivity index (χ0) is 15.2. The van der Waals surface area contributed by atoms with Crippen molar-refractivity contribution in [1.29, 1.82) is 0 Å². The molecule has 0 heterocycles. The Labute approximate surface area is 125 Å². The lowest BCUT2D eigenvalue weighted by Gasteiger charge is -2.36. The predicted molar refractivity (Wildman–Crippen MR) is 89.3 cm³/mol. The third kappa shape index (κ3) is 5.26. The van der Waals surface area contributed by atoms with Gasteiger partial charge in [0.1, 0.15) is 0 Å². The van der Waals surface area contributed by atoms with Crippen molar-refractivity contribution in [3.63, 3.8) is 0 Å². The number of benzene rings is 1. The second kappa shape index (κ2) is 7.80. The summed E-state index contributed by atoms with van der Waals surface area (Å²) in [6.45, 7) is 14.6. The lowest BCUT2D eigenvalue weighted by molar-refractivity contribution is 0.209. The van der Waals surface area contributed by atoms with Crippen LogP contribution in [0.25, 0.3) is 0 Å². The molecule has 2 nitrogen and oxygen atoms in total. The van der Waals surface area contributed by atoms with Gasteiger partial charge >= 0.3 is 0 Å². The topological polar surface area (TPSA) is 15.3 Å². The van der Waals surface area contributed by atoms with Crippen LogP contribution in [0.2, 0.25) is 0 Å². The second-order valence-corrected chi connectivity index (χ2v) is 6.96. The average Bonchev–Trinajstić information content (AvgIpc) is 2.39. The van der Waals surface area contributed by atoms with E-state index < -0.39 is 0 Å². The Balaban J connectivity index is 2.82. The molecule has 0 radical (unpaired) electrons. The van der Waals surface area contributed by atoms with Crippen LogP contribution in [-0.2, 0) is 5.41 Å². The fourth-order valence-corrected chi connectivity index (χ4v) is 2.46. The fourth-order valence-electron chi connectivity index (χ4n) is 2.46. The van der Waals surface area contributed by atoms with Gasteiger partial charge in [-0.3, -0.25) is 0 Å². The Kier molecular flexibility index (Phi) is 6.70. The van der Waals surface area contributed by atoms with Gasteiger partial charge in [-0.1, -0.05) is 51.1 Å². The van der Waals surface area contributed by atoms with Gasteiger partial charge in [0.05, 0.1) is 0 Å². The zero-order valence-corrected chi connectivity index (χ0v) is 14.1. The molecule has 114 valence electrons. The molecule has 0 saturated carbocycles. The SMILES string of the molecule is CC(C)CNCC(C)(CN(C)C(C)C)c1ccccc1.